The Bertz CT molecular complexity index is 929. The first-order chi connectivity index (χ1) is 13.5. The largest absolute Gasteiger partial charge is 0.458 e. The van der Waals surface area contributed by atoms with Crippen molar-refractivity contribution < 1.29 is 23.4 Å². The van der Waals surface area contributed by atoms with E-state index in [4.69, 9.17) is 19.9 Å². The van der Waals surface area contributed by atoms with Gasteiger partial charge in [-0.15, -0.1) is 0 Å². The second kappa shape index (κ2) is 8.91. The summed E-state index contributed by atoms with van der Waals surface area (Å²) in [5.41, 5.74) is 4.29. The minimum absolute atomic E-state index is 0.0779. The van der Waals surface area contributed by atoms with Gasteiger partial charge in [0.15, 0.2) is 0 Å². The molecule has 3 atom stereocenters. The zero-order valence-corrected chi connectivity index (χ0v) is 14.9. The number of nitrogens with two attached hydrogens (primary N) is 1. The third kappa shape index (κ3) is 4.71. The molecular formula is C18H20FN3O6. The molecule has 1 fully saturated rings. The van der Waals surface area contributed by atoms with E-state index < -0.39 is 41.5 Å². The molecule has 2 aromatic rings. The lowest BCUT2D eigenvalue weighted by atomic mass is 10.2. The summed E-state index contributed by atoms with van der Waals surface area (Å²) in [6.45, 7) is 0.0800. The van der Waals surface area contributed by atoms with Crippen molar-refractivity contribution in [3.63, 3.8) is 0 Å². The van der Waals surface area contributed by atoms with Crippen molar-refractivity contribution in [3.8, 4) is 0 Å². The highest BCUT2D eigenvalue weighted by molar-refractivity contribution is 5.71. The smallest absolute Gasteiger partial charge is 0.330 e. The number of rotatable bonds is 7. The Balaban J connectivity index is 1.71. The molecule has 3 rings (SSSR count). The third-order valence-corrected chi connectivity index (χ3v) is 4.26. The molecular weight excluding hydrogens is 373 g/mol. The maximum Gasteiger partial charge on any atom is 0.330 e. The Labute approximate surface area is 158 Å². The molecule has 1 aliphatic heterocycles. The topological polar surface area (TPSA) is 126 Å². The van der Waals surface area contributed by atoms with Crippen molar-refractivity contribution >= 4 is 5.97 Å². The molecule has 10 heteroatoms. The predicted octanol–water partition coefficient (Wildman–Crippen LogP) is 0.0505. The van der Waals surface area contributed by atoms with Gasteiger partial charge >= 0.3 is 11.7 Å². The van der Waals surface area contributed by atoms with Crippen molar-refractivity contribution in [3.05, 3.63) is 68.7 Å². The van der Waals surface area contributed by atoms with Crippen LogP contribution in [0.2, 0.25) is 0 Å². The number of carbonyl (C=O) groups is 1. The monoisotopic (exact) mass is 393 g/mol. The maximum atomic E-state index is 13.6. The van der Waals surface area contributed by atoms with Crippen LogP contribution in [0, 0.1) is 5.82 Å². The van der Waals surface area contributed by atoms with Gasteiger partial charge < -0.3 is 19.9 Å². The van der Waals surface area contributed by atoms with Gasteiger partial charge in [-0.05, 0) is 5.56 Å². The Kier molecular flexibility index (Phi) is 6.34. The van der Waals surface area contributed by atoms with E-state index in [2.05, 4.69) is 0 Å². The first-order valence-electron chi connectivity index (χ1n) is 8.65. The van der Waals surface area contributed by atoms with Gasteiger partial charge in [0.05, 0.1) is 26.0 Å². The van der Waals surface area contributed by atoms with Crippen molar-refractivity contribution in [1.82, 2.24) is 9.55 Å². The SMILES string of the molecule is NCC(=O)O[C@H]1C[C@H](n2cc(F)c(=O)[nH]c2=O)O[C@@H]1COCc1ccccc1. The lowest BCUT2D eigenvalue weighted by Gasteiger charge is -2.18. The standard InChI is InChI=1S/C18H20FN3O6/c19-12-8-22(18(25)21-17(12)24)15-6-13(28-16(23)7-20)14(27-15)10-26-9-11-4-2-1-3-5-11/h1-5,8,13-15H,6-7,9-10,20H2,(H,21,24,25)/t13-,14+,15+/m0/s1. The molecule has 0 radical (unpaired) electrons. The van der Waals surface area contributed by atoms with Crippen LogP contribution in [-0.4, -0.2) is 40.9 Å². The van der Waals surface area contributed by atoms with Crippen molar-refractivity contribution in [2.45, 2.75) is 31.5 Å². The fourth-order valence-corrected chi connectivity index (χ4v) is 2.90. The molecule has 9 nitrogen and oxygen atoms in total. The minimum atomic E-state index is -1.12. The second-order valence-electron chi connectivity index (χ2n) is 6.24. The lowest BCUT2D eigenvalue weighted by Crippen LogP contribution is -2.34. The second-order valence-corrected chi connectivity index (χ2v) is 6.24. The Hall–Kier alpha value is -2.82. The summed E-state index contributed by atoms with van der Waals surface area (Å²) < 4.78 is 31.2. The molecule has 1 saturated heterocycles. The summed E-state index contributed by atoms with van der Waals surface area (Å²) in [5.74, 6) is -1.76. The van der Waals surface area contributed by atoms with Crippen molar-refractivity contribution in [1.29, 1.82) is 0 Å². The molecule has 0 unspecified atom stereocenters. The molecule has 0 spiro atoms. The van der Waals surface area contributed by atoms with E-state index in [-0.39, 0.29) is 19.6 Å². The summed E-state index contributed by atoms with van der Waals surface area (Å²) in [7, 11) is 0. The van der Waals surface area contributed by atoms with Crippen LogP contribution in [0.4, 0.5) is 4.39 Å². The molecule has 1 aliphatic rings. The number of aromatic nitrogens is 2. The van der Waals surface area contributed by atoms with Gasteiger partial charge in [0.2, 0.25) is 5.82 Å². The molecule has 1 aromatic carbocycles. The Morgan fingerprint density at radius 2 is 2.07 bits per heavy atom. The number of aromatic amines is 1. The zero-order valence-electron chi connectivity index (χ0n) is 14.9. The van der Waals surface area contributed by atoms with Crippen LogP contribution in [0.25, 0.3) is 0 Å². The number of ether oxygens (including phenoxy) is 3. The molecule has 0 amide bonds. The summed E-state index contributed by atoms with van der Waals surface area (Å²) in [6.07, 6.45) is -1.51. The summed E-state index contributed by atoms with van der Waals surface area (Å²) in [6, 6.07) is 9.44. The molecule has 28 heavy (non-hydrogen) atoms. The van der Waals surface area contributed by atoms with Crippen LogP contribution in [0.15, 0.2) is 46.1 Å². The molecule has 3 N–H and O–H groups in total. The van der Waals surface area contributed by atoms with Gasteiger partial charge in [0.25, 0.3) is 5.56 Å². The molecule has 150 valence electrons. The van der Waals surface area contributed by atoms with Gasteiger partial charge in [-0.2, -0.15) is 4.39 Å². The van der Waals surface area contributed by atoms with Crippen LogP contribution in [0.3, 0.4) is 0 Å². The van der Waals surface area contributed by atoms with Gasteiger partial charge in [0, 0.05) is 6.42 Å². The number of hydrogen-bond donors (Lipinski definition) is 2. The van der Waals surface area contributed by atoms with Crippen LogP contribution in [0.1, 0.15) is 18.2 Å². The number of nitrogens with one attached hydrogen (secondary N) is 1. The van der Waals surface area contributed by atoms with Crippen molar-refractivity contribution in [2.24, 2.45) is 5.73 Å². The molecule has 1 aromatic heterocycles. The Morgan fingerprint density at radius 3 is 2.79 bits per heavy atom. The normalized spacial score (nSPS) is 21.6. The first kappa shape index (κ1) is 19.9. The van der Waals surface area contributed by atoms with Gasteiger partial charge in [0.1, 0.15) is 18.4 Å². The van der Waals surface area contributed by atoms with E-state index in [9.17, 15) is 18.8 Å². The number of H-pyrrole nitrogens is 1. The highest BCUT2D eigenvalue weighted by atomic mass is 19.1. The van der Waals surface area contributed by atoms with Crippen LogP contribution < -0.4 is 17.0 Å². The summed E-state index contributed by atoms with van der Waals surface area (Å²) in [4.78, 5) is 36.6. The summed E-state index contributed by atoms with van der Waals surface area (Å²) >= 11 is 0. The van der Waals surface area contributed by atoms with E-state index in [1.54, 1.807) is 0 Å². The average Bonchev–Trinajstić information content (AvgIpc) is 3.07. The van der Waals surface area contributed by atoms with Crippen LogP contribution >= 0.6 is 0 Å². The predicted molar refractivity (Wildman–Crippen MR) is 94.8 cm³/mol. The molecule has 0 aliphatic carbocycles. The molecule has 0 saturated carbocycles. The van der Waals surface area contributed by atoms with E-state index in [0.29, 0.717) is 6.61 Å². The highest BCUT2D eigenvalue weighted by Gasteiger charge is 2.39. The lowest BCUT2D eigenvalue weighted by molar-refractivity contribution is -0.152. The number of benzene rings is 1. The van der Waals surface area contributed by atoms with Crippen molar-refractivity contribution in [2.75, 3.05) is 13.2 Å². The van der Waals surface area contributed by atoms with Crippen LogP contribution in [-0.2, 0) is 25.6 Å². The average molecular weight is 393 g/mol. The van der Waals surface area contributed by atoms with Crippen LogP contribution in [0.5, 0.6) is 0 Å². The molecule has 2 heterocycles. The quantitative estimate of drug-likeness (QED) is 0.637. The fraction of sp³-hybridized carbons (Fsp3) is 0.389. The number of hydrogen-bond acceptors (Lipinski definition) is 7. The van der Waals surface area contributed by atoms with Gasteiger partial charge in [-0.25, -0.2) is 4.79 Å². The van der Waals surface area contributed by atoms with Gasteiger partial charge in [-0.3, -0.25) is 19.1 Å². The van der Waals surface area contributed by atoms with Gasteiger partial charge in [-0.1, -0.05) is 30.3 Å². The van der Waals surface area contributed by atoms with E-state index in [1.807, 2.05) is 35.3 Å². The number of halogens is 1. The first-order valence-corrected chi connectivity index (χ1v) is 8.65. The maximum absolute atomic E-state index is 13.6. The van der Waals surface area contributed by atoms with E-state index >= 15 is 0 Å². The Morgan fingerprint density at radius 1 is 1.32 bits per heavy atom. The number of carbonyl (C=O) groups excluding carboxylic acids is 1. The molecule has 0 bridgehead atoms. The fourth-order valence-electron chi connectivity index (χ4n) is 2.90. The zero-order chi connectivity index (χ0) is 20.1. The highest BCUT2D eigenvalue weighted by Crippen LogP contribution is 2.30. The number of esters is 1. The third-order valence-electron chi connectivity index (χ3n) is 4.26. The summed E-state index contributed by atoms with van der Waals surface area (Å²) in [5, 5.41) is 0. The van der Waals surface area contributed by atoms with E-state index in [0.717, 1.165) is 16.3 Å². The minimum Gasteiger partial charge on any atom is -0.458 e. The van der Waals surface area contributed by atoms with E-state index in [1.165, 1.54) is 0 Å². The number of nitrogens with zero attached hydrogens (tertiary/aromatic N) is 1.